The summed E-state index contributed by atoms with van der Waals surface area (Å²) in [5.74, 6) is -1.57. The van der Waals surface area contributed by atoms with E-state index in [0.717, 1.165) is 37.0 Å². The van der Waals surface area contributed by atoms with Gasteiger partial charge in [0.05, 0.1) is 11.4 Å². The van der Waals surface area contributed by atoms with Crippen LogP contribution in [-0.2, 0) is 11.3 Å². The van der Waals surface area contributed by atoms with Crippen molar-refractivity contribution in [2.45, 2.75) is 50.2 Å². The van der Waals surface area contributed by atoms with Gasteiger partial charge in [0.1, 0.15) is 23.9 Å². The van der Waals surface area contributed by atoms with Crippen molar-refractivity contribution in [2.24, 2.45) is 0 Å². The Labute approximate surface area is 194 Å². The van der Waals surface area contributed by atoms with Crippen LogP contribution in [0.1, 0.15) is 42.6 Å². The van der Waals surface area contributed by atoms with Crippen LogP contribution < -0.4 is 10.2 Å². The van der Waals surface area contributed by atoms with Gasteiger partial charge < -0.3 is 5.32 Å². The minimum Gasteiger partial charge on any atom is -0.351 e. The van der Waals surface area contributed by atoms with E-state index in [1.54, 1.807) is 6.07 Å². The van der Waals surface area contributed by atoms with Crippen molar-refractivity contribution in [3.63, 3.8) is 0 Å². The molecule has 2 aliphatic rings. The molecule has 0 radical (unpaired) electrons. The molecular weight excluding hydrogens is 446 g/mol. The van der Waals surface area contributed by atoms with E-state index >= 15 is 0 Å². The number of thiophene rings is 1. The molecule has 0 saturated heterocycles. The fraction of sp³-hybridized carbons (Fsp3) is 0.375. The quantitative estimate of drug-likeness (QED) is 0.594. The third-order valence-corrected chi connectivity index (χ3v) is 7.38. The van der Waals surface area contributed by atoms with E-state index < -0.39 is 29.8 Å². The summed E-state index contributed by atoms with van der Waals surface area (Å²) in [5.41, 5.74) is -0.701. The molecule has 3 heterocycles. The largest absolute Gasteiger partial charge is 0.351 e. The molecule has 1 aliphatic carbocycles. The molecule has 1 aromatic carbocycles. The van der Waals surface area contributed by atoms with Crippen molar-refractivity contribution in [3.05, 3.63) is 59.4 Å². The Kier molecular flexibility index (Phi) is 5.74. The first-order valence-electron chi connectivity index (χ1n) is 11.1. The topological polar surface area (TPSA) is 67.2 Å². The first-order valence-corrected chi connectivity index (χ1v) is 12.0. The van der Waals surface area contributed by atoms with Gasteiger partial charge in [0.15, 0.2) is 5.54 Å². The number of benzene rings is 1. The molecule has 3 aromatic rings. The maximum absolute atomic E-state index is 14.9. The van der Waals surface area contributed by atoms with E-state index in [1.807, 2.05) is 17.5 Å². The predicted octanol–water partition coefficient (Wildman–Crippen LogP) is 4.57. The van der Waals surface area contributed by atoms with E-state index in [1.165, 1.54) is 45.2 Å². The van der Waals surface area contributed by atoms with E-state index in [2.05, 4.69) is 10.4 Å². The summed E-state index contributed by atoms with van der Waals surface area (Å²) < 4.78 is 30.0. The van der Waals surface area contributed by atoms with Gasteiger partial charge in [-0.2, -0.15) is 5.10 Å². The Morgan fingerprint density at radius 2 is 1.94 bits per heavy atom. The highest BCUT2D eigenvalue weighted by Crippen LogP contribution is 2.36. The Hall–Kier alpha value is -3.07. The van der Waals surface area contributed by atoms with Crippen LogP contribution in [0.2, 0.25) is 0 Å². The van der Waals surface area contributed by atoms with Crippen LogP contribution in [0, 0.1) is 5.82 Å². The fourth-order valence-corrected chi connectivity index (χ4v) is 5.42. The van der Waals surface area contributed by atoms with Crippen molar-refractivity contribution in [1.29, 1.82) is 0 Å². The number of hydrogen-bond donors (Lipinski definition) is 1. The second kappa shape index (κ2) is 8.70. The molecule has 1 saturated carbocycles. The van der Waals surface area contributed by atoms with Crippen LogP contribution in [0.3, 0.4) is 0 Å². The summed E-state index contributed by atoms with van der Waals surface area (Å²) in [4.78, 5) is 29.3. The third kappa shape index (κ3) is 3.84. The minimum absolute atomic E-state index is 0.0551. The molecule has 5 rings (SSSR count). The molecular formula is C24H24F2N4O2S. The number of nitrogens with one attached hydrogen (secondary N) is 1. The Morgan fingerprint density at radius 3 is 2.61 bits per heavy atom. The lowest BCUT2D eigenvalue weighted by atomic mass is 9.90. The Bertz CT molecular complexity index is 1160. The van der Waals surface area contributed by atoms with Crippen LogP contribution in [-0.4, -0.2) is 39.9 Å². The monoisotopic (exact) mass is 470 g/mol. The first-order chi connectivity index (χ1) is 16.0. The summed E-state index contributed by atoms with van der Waals surface area (Å²) in [6, 6.07) is 10.6. The average molecular weight is 471 g/mol. The molecule has 0 spiro atoms. The van der Waals surface area contributed by atoms with Crippen LogP contribution in [0.5, 0.6) is 0 Å². The number of amides is 2. The maximum atomic E-state index is 14.9. The SMILES string of the molecule is O=C1c2cc(-c3cccs3)nn2CC(CF)(C(=O)NC2CCCCC2)N1c1ccc(F)cc1. The van der Waals surface area contributed by atoms with Crippen LogP contribution in [0.4, 0.5) is 14.5 Å². The smallest absolute Gasteiger partial charge is 0.277 e. The zero-order valence-electron chi connectivity index (χ0n) is 18.0. The summed E-state index contributed by atoms with van der Waals surface area (Å²) >= 11 is 1.48. The van der Waals surface area contributed by atoms with Gasteiger partial charge in [-0.25, -0.2) is 8.78 Å². The van der Waals surface area contributed by atoms with Gasteiger partial charge in [-0.3, -0.25) is 19.2 Å². The Morgan fingerprint density at radius 1 is 1.18 bits per heavy atom. The molecule has 2 aromatic heterocycles. The van der Waals surface area contributed by atoms with Gasteiger partial charge in [0.25, 0.3) is 11.8 Å². The first kappa shape index (κ1) is 21.8. The molecule has 9 heteroatoms. The van der Waals surface area contributed by atoms with Crippen LogP contribution in [0.25, 0.3) is 10.6 Å². The molecule has 1 fully saturated rings. The summed E-state index contributed by atoms with van der Waals surface area (Å²) in [6.45, 7) is -1.23. The summed E-state index contributed by atoms with van der Waals surface area (Å²) in [7, 11) is 0. The lowest BCUT2D eigenvalue weighted by Crippen LogP contribution is -2.68. The highest BCUT2D eigenvalue weighted by Gasteiger charge is 2.53. The minimum atomic E-state index is -1.82. The fourth-order valence-electron chi connectivity index (χ4n) is 4.74. The van der Waals surface area contributed by atoms with Gasteiger partial charge >= 0.3 is 0 Å². The second-order valence-corrected chi connectivity index (χ2v) is 9.59. The molecule has 1 atom stereocenters. The summed E-state index contributed by atoms with van der Waals surface area (Å²) in [5, 5.41) is 9.43. The number of nitrogens with zero attached hydrogens (tertiary/aromatic N) is 3. The number of fused-ring (bicyclic) bond motifs is 1. The number of carbonyl (C=O) groups excluding carboxylic acids is 2. The highest BCUT2D eigenvalue weighted by atomic mass is 32.1. The predicted molar refractivity (Wildman–Crippen MR) is 122 cm³/mol. The normalized spacial score (nSPS) is 21.2. The van der Waals surface area contributed by atoms with E-state index in [4.69, 9.17) is 0 Å². The standard InChI is InChI=1S/C24H24F2N4O2S/c25-14-24(23(32)27-17-5-2-1-3-6-17)15-29-20(13-19(28-29)21-7-4-12-33-21)22(31)30(24)18-10-8-16(26)9-11-18/h4,7-13,17H,1-3,5-6,14-15H2,(H,27,32). The van der Waals surface area contributed by atoms with E-state index in [0.29, 0.717) is 5.69 Å². The number of aromatic nitrogens is 2. The molecule has 0 bridgehead atoms. The molecule has 1 aliphatic heterocycles. The zero-order valence-corrected chi connectivity index (χ0v) is 18.8. The molecule has 1 N–H and O–H groups in total. The molecule has 172 valence electrons. The molecule has 1 unspecified atom stereocenters. The third-order valence-electron chi connectivity index (χ3n) is 6.48. The lowest BCUT2D eigenvalue weighted by molar-refractivity contribution is -0.128. The van der Waals surface area contributed by atoms with Crippen molar-refractivity contribution in [3.8, 4) is 10.6 Å². The molecule has 6 nitrogen and oxygen atoms in total. The second-order valence-electron chi connectivity index (χ2n) is 8.64. The number of hydrogen-bond acceptors (Lipinski definition) is 4. The highest BCUT2D eigenvalue weighted by molar-refractivity contribution is 7.13. The van der Waals surface area contributed by atoms with Gasteiger partial charge in [-0.05, 0) is 54.6 Å². The zero-order chi connectivity index (χ0) is 23.0. The average Bonchev–Trinajstić information content (AvgIpc) is 3.50. The number of anilines is 1. The van der Waals surface area contributed by atoms with Crippen molar-refractivity contribution in [2.75, 3.05) is 11.6 Å². The molecule has 33 heavy (non-hydrogen) atoms. The van der Waals surface area contributed by atoms with Gasteiger partial charge in [0.2, 0.25) is 0 Å². The van der Waals surface area contributed by atoms with Crippen molar-refractivity contribution in [1.82, 2.24) is 15.1 Å². The summed E-state index contributed by atoms with van der Waals surface area (Å²) in [6.07, 6.45) is 4.77. The van der Waals surface area contributed by atoms with Crippen LogP contribution in [0.15, 0.2) is 47.8 Å². The van der Waals surface area contributed by atoms with Gasteiger partial charge in [-0.1, -0.05) is 25.3 Å². The van der Waals surface area contributed by atoms with Gasteiger partial charge in [-0.15, -0.1) is 11.3 Å². The van der Waals surface area contributed by atoms with Crippen molar-refractivity contribution < 1.29 is 18.4 Å². The number of alkyl halides is 1. The lowest BCUT2D eigenvalue weighted by Gasteiger charge is -2.44. The van der Waals surface area contributed by atoms with Crippen molar-refractivity contribution >= 4 is 28.8 Å². The number of halogens is 2. The van der Waals surface area contributed by atoms with Gasteiger partial charge in [0, 0.05) is 11.7 Å². The molecule has 2 amide bonds. The maximum Gasteiger partial charge on any atom is 0.277 e. The Balaban J connectivity index is 1.59. The van der Waals surface area contributed by atoms with E-state index in [9.17, 15) is 18.4 Å². The van der Waals surface area contributed by atoms with E-state index in [-0.39, 0.29) is 24.0 Å². The number of rotatable bonds is 5. The number of carbonyl (C=O) groups is 2. The van der Waals surface area contributed by atoms with Crippen LogP contribution >= 0.6 is 11.3 Å².